The van der Waals surface area contributed by atoms with E-state index in [1.54, 1.807) is 11.0 Å². The van der Waals surface area contributed by atoms with Crippen LogP contribution in [0.4, 0.5) is 4.39 Å². The van der Waals surface area contributed by atoms with E-state index in [2.05, 4.69) is 5.32 Å². The van der Waals surface area contributed by atoms with Crippen LogP contribution in [-0.2, 0) is 15.0 Å². The molecule has 1 aliphatic rings. The zero-order valence-electron chi connectivity index (χ0n) is 13.4. The number of amides is 2. The van der Waals surface area contributed by atoms with Gasteiger partial charge in [-0.05, 0) is 24.1 Å². The van der Waals surface area contributed by atoms with E-state index in [9.17, 15) is 14.0 Å². The number of halogens is 1. The lowest BCUT2D eigenvalue weighted by Crippen LogP contribution is -2.40. The fraction of sp³-hybridized carbons (Fsp3) is 0.529. The van der Waals surface area contributed by atoms with Crippen LogP contribution in [0.5, 0.6) is 0 Å². The summed E-state index contributed by atoms with van der Waals surface area (Å²) in [7, 11) is 0. The average Bonchev–Trinajstić information content (AvgIpc) is 2.95. The Bertz CT molecular complexity index is 572. The van der Waals surface area contributed by atoms with Gasteiger partial charge in [0.15, 0.2) is 0 Å². The highest BCUT2D eigenvalue weighted by Crippen LogP contribution is 2.23. The second kappa shape index (κ2) is 6.46. The summed E-state index contributed by atoms with van der Waals surface area (Å²) >= 11 is 0. The van der Waals surface area contributed by atoms with E-state index in [1.807, 2.05) is 19.9 Å². The molecule has 0 saturated carbocycles. The van der Waals surface area contributed by atoms with Crippen molar-refractivity contribution in [3.63, 3.8) is 0 Å². The summed E-state index contributed by atoms with van der Waals surface area (Å²) < 4.78 is 13.3. The van der Waals surface area contributed by atoms with E-state index in [-0.39, 0.29) is 29.0 Å². The van der Waals surface area contributed by atoms with Crippen LogP contribution in [0.3, 0.4) is 0 Å². The van der Waals surface area contributed by atoms with Crippen molar-refractivity contribution in [2.24, 2.45) is 5.92 Å². The van der Waals surface area contributed by atoms with Crippen molar-refractivity contribution in [1.82, 2.24) is 10.2 Å². The topological polar surface area (TPSA) is 49.4 Å². The van der Waals surface area contributed by atoms with Crippen molar-refractivity contribution >= 4 is 11.8 Å². The highest BCUT2D eigenvalue weighted by Gasteiger charge is 2.30. The van der Waals surface area contributed by atoms with Gasteiger partial charge in [0.1, 0.15) is 5.82 Å². The van der Waals surface area contributed by atoms with Crippen LogP contribution in [0.25, 0.3) is 0 Å². The molecule has 0 spiro atoms. The summed E-state index contributed by atoms with van der Waals surface area (Å²) in [4.78, 5) is 25.2. The fourth-order valence-corrected chi connectivity index (χ4v) is 2.72. The van der Waals surface area contributed by atoms with Gasteiger partial charge in [-0.3, -0.25) is 9.59 Å². The average molecular weight is 306 g/mol. The Labute approximate surface area is 130 Å². The number of hydrogen-bond donors (Lipinski definition) is 1. The van der Waals surface area contributed by atoms with Crippen LogP contribution in [0.2, 0.25) is 0 Å². The Hall–Kier alpha value is -1.91. The lowest BCUT2D eigenvalue weighted by molar-refractivity contribution is -0.128. The first kappa shape index (κ1) is 16.5. The van der Waals surface area contributed by atoms with Crippen molar-refractivity contribution < 1.29 is 14.0 Å². The summed E-state index contributed by atoms with van der Waals surface area (Å²) in [5, 5.41) is 2.94. The van der Waals surface area contributed by atoms with Gasteiger partial charge in [-0.15, -0.1) is 0 Å². The van der Waals surface area contributed by atoms with E-state index in [0.717, 1.165) is 5.56 Å². The van der Waals surface area contributed by atoms with Crippen LogP contribution in [-0.4, -0.2) is 36.3 Å². The van der Waals surface area contributed by atoms with Gasteiger partial charge in [0, 0.05) is 32.0 Å². The maximum atomic E-state index is 13.3. The van der Waals surface area contributed by atoms with Gasteiger partial charge < -0.3 is 10.2 Å². The zero-order chi connectivity index (χ0) is 16.3. The Kier molecular flexibility index (Phi) is 4.84. The summed E-state index contributed by atoms with van der Waals surface area (Å²) in [5.74, 6) is -0.444. The number of benzene rings is 1. The number of nitrogens with zero attached hydrogens (tertiary/aromatic N) is 1. The minimum atomic E-state index is -0.351. The van der Waals surface area contributed by atoms with Crippen molar-refractivity contribution in [2.75, 3.05) is 19.6 Å². The zero-order valence-corrected chi connectivity index (χ0v) is 13.4. The molecule has 1 aromatic carbocycles. The Morgan fingerprint density at radius 1 is 1.41 bits per heavy atom. The molecule has 1 aliphatic heterocycles. The second-order valence-electron chi connectivity index (χ2n) is 6.56. The predicted octanol–water partition coefficient (Wildman–Crippen LogP) is 2.09. The molecular weight excluding hydrogens is 283 g/mol. The maximum absolute atomic E-state index is 13.3. The Morgan fingerprint density at radius 2 is 2.14 bits per heavy atom. The number of nitrogens with one attached hydrogen (secondary N) is 1. The van der Waals surface area contributed by atoms with Gasteiger partial charge in [-0.2, -0.15) is 0 Å². The minimum Gasteiger partial charge on any atom is -0.355 e. The molecule has 2 rings (SSSR count). The van der Waals surface area contributed by atoms with Gasteiger partial charge in [-0.1, -0.05) is 26.0 Å². The molecule has 120 valence electrons. The van der Waals surface area contributed by atoms with Crippen LogP contribution in [0, 0.1) is 11.7 Å². The highest BCUT2D eigenvalue weighted by atomic mass is 19.1. The third-order valence-corrected chi connectivity index (χ3v) is 4.32. The summed E-state index contributed by atoms with van der Waals surface area (Å²) in [6.45, 7) is 7.03. The SMILES string of the molecule is CC(=O)N1CCC(C(=O)NCC(C)(C)c2cccc(F)c2)C1. The molecule has 1 unspecified atom stereocenters. The molecule has 1 fully saturated rings. The van der Waals surface area contributed by atoms with E-state index in [0.29, 0.717) is 26.1 Å². The molecule has 4 nitrogen and oxygen atoms in total. The lowest BCUT2D eigenvalue weighted by Gasteiger charge is -2.26. The van der Waals surface area contributed by atoms with Crippen LogP contribution < -0.4 is 5.32 Å². The molecule has 0 radical (unpaired) electrons. The fourth-order valence-electron chi connectivity index (χ4n) is 2.72. The van der Waals surface area contributed by atoms with Crippen LogP contribution in [0.15, 0.2) is 24.3 Å². The molecule has 5 heteroatoms. The predicted molar refractivity (Wildman–Crippen MR) is 82.8 cm³/mol. The molecule has 1 aromatic rings. The molecule has 1 atom stereocenters. The van der Waals surface area contributed by atoms with Gasteiger partial charge in [0.25, 0.3) is 0 Å². The smallest absolute Gasteiger partial charge is 0.224 e. The van der Waals surface area contributed by atoms with E-state index < -0.39 is 0 Å². The third-order valence-electron chi connectivity index (χ3n) is 4.32. The monoisotopic (exact) mass is 306 g/mol. The number of rotatable bonds is 4. The first-order chi connectivity index (χ1) is 10.3. The third kappa shape index (κ3) is 3.84. The normalized spacial score (nSPS) is 18.4. The van der Waals surface area contributed by atoms with Crippen molar-refractivity contribution in [1.29, 1.82) is 0 Å². The molecule has 0 aliphatic carbocycles. The van der Waals surface area contributed by atoms with Gasteiger partial charge in [-0.25, -0.2) is 4.39 Å². The van der Waals surface area contributed by atoms with Crippen LogP contribution in [0.1, 0.15) is 32.8 Å². The number of carbonyl (C=O) groups excluding carboxylic acids is 2. The molecule has 0 aromatic heterocycles. The highest BCUT2D eigenvalue weighted by molar-refractivity contribution is 5.81. The molecule has 22 heavy (non-hydrogen) atoms. The Morgan fingerprint density at radius 3 is 2.73 bits per heavy atom. The van der Waals surface area contributed by atoms with Crippen molar-refractivity contribution in [3.05, 3.63) is 35.6 Å². The maximum Gasteiger partial charge on any atom is 0.224 e. The molecule has 1 N–H and O–H groups in total. The lowest BCUT2D eigenvalue weighted by atomic mass is 9.84. The largest absolute Gasteiger partial charge is 0.355 e. The molecule has 1 heterocycles. The van der Waals surface area contributed by atoms with E-state index in [4.69, 9.17) is 0 Å². The first-order valence-corrected chi connectivity index (χ1v) is 7.59. The molecule has 0 bridgehead atoms. The first-order valence-electron chi connectivity index (χ1n) is 7.59. The van der Waals surface area contributed by atoms with Gasteiger partial charge >= 0.3 is 0 Å². The summed E-state index contributed by atoms with van der Waals surface area (Å²) in [6, 6.07) is 6.45. The van der Waals surface area contributed by atoms with Gasteiger partial charge in [0.05, 0.1) is 5.92 Å². The van der Waals surface area contributed by atoms with E-state index in [1.165, 1.54) is 19.1 Å². The minimum absolute atomic E-state index is 0.00962. The second-order valence-corrected chi connectivity index (χ2v) is 6.56. The number of hydrogen-bond acceptors (Lipinski definition) is 2. The summed E-state index contributed by atoms with van der Waals surface area (Å²) in [6.07, 6.45) is 0.700. The number of likely N-dealkylation sites (tertiary alicyclic amines) is 1. The Balaban J connectivity index is 1.92. The van der Waals surface area contributed by atoms with E-state index >= 15 is 0 Å². The molecule has 1 saturated heterocycles. The summed E-state index contributed by atoms with van der Waals surface area (Å²) in [5.41, 5.74) is 0.501. The van der Waals surface area contributed by atoms with Crippen LogP contribution >= 0.6 is 0 Å². The standard InChI is InChI=1S/C17H23FN2O2/c1-12(21)20-8-7-13(10-20)16(22)19-11-17(2,3)14-5-4-6-15(18)9-14/h4-6,9,13H,7-8,10-11H2,1-3H3,(H,19,22). The van der Waals surface area contributed by atoms with Crippen molar-refractivity contribution in [3.8, 4) is 0 Å². The molecule has 2 amide bonds. The van der Waals surface area contributed by atoms with Gasteiger partial charge in [0.2, 0.25) is 11.8 Å². The number of carbonyl (C=O) groups is 2. The quantitative estimate of drug-likeness (QED) is 0.926. The molecular formula is C17H23FN2O2. The van der Waals surface area contributed by atoms with Crippen molar-refractivity contribution in [2.45, 2.75) is 32.6 Å².